The van der Waals surface area contributed by atoms with Gasteiger partial charge in [0, 0.05) is 33.7 Å². The molecule has 0 aromatic heterocycles. The van der Waals surface area contributed by atoms with Gasteiger partial charge >= 0.3 is 6.03 Å². The lowest BCUT2D eigenvalue weighted by Gasteiger charge is -2.32. The molecule has 2 atom stereocenters. The molecule has 7 heteroatoms. The standard InChI is InChI=1S/C16H28N4O3/c1-18(2)16(21)20-9-6-13(10-20)15-17-22-12-14(23-15)11-19-7-4-3-5-8-19/h13-14H,3-12H2,1-2H3. The number of nitrogens with zero attached hydrogens (tertiary/aromatic N) is 4. The van der Waals surface area contributed by atoms with Crippen molar-refractivity contribution >= 4 is 11.9 Å². The maximum Gasteiger partial charge on any atom is 0.319 e. The first-order valence-corrected chi connectivity index (χ1v) is 8.68. The third kappa shape index (κ3) is 4.07. The SMILES string of the molecule is CN(C)C(=O)N1CCC(C2=NOCC(CN3CCCCC3)O2)C1. The van der Waals surface area contributed by atoms with E-state index in [0.717, 1.165) is 32.6 Å². The Bertz CT molecular complexity index is 449. The molecule has 7 nitrogen and oxygen atoms in total. The van der Waals surface area contributed by atoms with Crippen LogP contribution in [0.2, 0.25) is 0 Å². The van der Waals surface area contributed by atoms with E-state index in [9.17, 15) is 4.79 Å². The summed E-state index contributed by atoms with van der Waals surface area (Å²) in [4.78, 5) is 23.4. The smallest absolute Gasteiger partial charge is 0.319 e. The number of carbonyl (C=O) groups excluding carboxylic acids is 1. The molecule has 0 saturated carbocycles. The summed E-state index contributed by atoms with van der Waals surface area (Å²) in [6.07, 6.45) is 4.83. The fourth-order valence-corrected chi connectivity index (χ4v) is 3.52. The normalized spacial score (nSPS) is 28.8. The maximum atomic E-state index is 12.0. The summed E-state index contributed by atoms with van der Waals surface area (Å²) in [5.74, 6) is 0.829. The minimum Gasteiger partial charge on any atom is -0.470 e. The Balaban J connectivity index is 1.50. The number of hydrogen-bond donors (Lipinski definition) is 0. The lowest BCUT2D eigenvalue weighted by atomic mass is 10.1. The number of likely N-dealkylation sites (tertiary alicyclic amines) is 2. The molecule has 23 heavy (non-hydrogen) atoms. The van der Waals surface area contributed by atoms with Crippen molar-refractivity contribution in [2.45, 2.75) is 31.8 Å². The van der Waals surface area contributed by atoms with Crippen molar-refractivity contribution in [1.29, 1.82) is 0 Å². The third-order valence-electron chi connectivity index (χ3n) is 4.80. The summed E-state index contributed by atoms with van der Waals surface area (Å²) in [6.45, 7) is 5.15. The van der Waals surface area contributed by atoms with Crippen molar-refractivity contribution in [3.05, 3.63) is 0 Å². The highest BCUT2D eigenvalue weighted by Crippen LogP contribution is 2.22. The second-order valence-corrected chi connectivity index (χ2v) is 6.94. The highest BCUT2D eigenvalue weighted by molar-refractivity contribution is 5.81. The molecule has 2 fully saturated rings. The number of ether oxygens (including phenoxy) is 1. The van der Waals surface area contributed by atoms with Crippen LogP contribution in [-0.4, -0.2) is 86.2 Å². The first-order chi connectivity index (χ1) is 11.1. The molecule has 0 aliphatic carbocycles. The maximum absolute atomic E-state index is 12.0. The van der Waals surface area contributed by atoms with Crippen LogP contribution in [0.4, 0.5) is 4.79 Å². The molecule has 130 valence electrons. The number of urea groups is 1. The summed E-state index contributed by atoms with van der Waals surface area (Å²) in [6, 6.07) is 0.0506. The third-order valence-corrected chi connectivity index (χ3v) is 4.80. The minimum absolute atomic E-state index is 0.0506. The summed E-state index contributed by atoms with van der Waals surface area (Å²) in [7, 11) is 3.56. The van der Waals surface area contributed by atoms with Crippen LogP contribution in [0.3, 0.4) is 0 Å². The summed E-state index contributed by atoms with van der Waals surface area (Å²) in [5.41, 5.74) is 0. The number of hydrogen-bond acceptors (Lipinski definition) is 5. The lowest BCUT2D eigenvalue weighted by Crippen LogP contribution is -2.43. The van der Waals surface area contributed by atoms with Crippen LogP contribution in [0, 0.1) is 5.92 Å². The van der Waals surface area contributed by atoms with Gasteiger partial charge < -0.3 is 19.4 Å². The Morgan fingerprint density at radius 1 is 1.26 bits per heavy atom. The van der Waals surface area contributed by atoms with Crippen LogP contribution >= 0.6 is 0 Å². The first-order valence-electron chi connectivity index (χ1n) is 8.68. The van der Waals surface area contributed by atoms with E-state index in [2.05, 4.69) is 10.1 Å². The molecule has 2 saturated heterocycles. The van der Waals surface area contributed by atoms with Crippen molar-refractivity contribution in [3.63, 3.8) is 0 Å². The highest BCUT2D eigenvalue weighted by Gasteiger charge is 2.35. The Labute approximate surface area is 138 Å². The molecule has 0 aromatic carbocycles. The van der Waals surface area contributed by atoms with E-state index >= 15 is 0 Å². The molecule has 0 spiro atoms. The minimum atomic E-state index is 0.0506. The zero-order valence-electron chi connectivity index (χ0n) is 14.2. The van der Waals surface area contributed by atoms with Gasteiger partial charge in [-0.05, 0) is 32.4 Å². The zero-order chi connectivity index (χ0) is 16.2. The molecule has 3 rings (SSSR count). The van der Waals surface area contributed by atoms with E-state index < -0.39 is 0 Å². The highest BCUT2D eigenvalue weighted by atomic mass is 16.7. The average Bonchev–Trinajstić information content (AvgIpc) is 3.05. The van der Waals surface area contributed by atoms with E-state index in [1.165, 1.54) is 19.3 Å². The van der Waals surface area contributed by atoms with Gasteiger partial charge in [-0.1, -0.05) is 11.6 Å². The summed E-state index contributed by atoms with van der Waals surface area (Å²) < 4.78 is 6.09. The number of amides is 2. The van der Waals surface area contributed by atoms with Gasteiger partial charge in [-0.15, -0.1) is 0 Å². The van der Waals surface area contributed by atoms with Gasteiger partial charge in [0.2, 0.25) is 5.90 Å². The van der Waals surface area contributed by atoms with Gasteiger partial charge in [0.15, 0.2) is 6.61 Å². The van der Waals surface area contributed by atoms with Crippen LogP contribution in [-0.2, 0) is 9.57 Å². The first kappa shape index (κ1) is 16.4. The molecule has 3 heterocycles. The predicted molar refractivity (Wildman–Crippen MR) is 87.3 cm³/mol. The van der Waals surface area contributed by atoms with Crippen LogP contribution in [0.1, 0.15) is 25.7 Å². The monoisotopic (exact) mass is 324 g/mol. The Morgan fingerprint density at radius 3 is 2.78 bits per heavy atom. The van der Waals surface area contributed by atoms with Gasteiger partial charge in [0.1, 0.15) is 6.10 Å². The molecular weight excluding hydrogens is 296 g/mol. The Kier molecular flexibility index (Phi) is 5.25. The lowest BCUT2D eigenvalue weighted by molar-refractivity contribution is -0.0149. The van der Waals surface area contributed by atoms with Crippen LogP contribution in [0.5, 0.6) is 0 Å². The molecule has 2 amide bonds. The Hall–Kier alpha value is -1.50. The predicted octanol–water partition coefficient (Wildman–Crippen LogP) is 1.20. The largest absolute Gasteiger partial charge is 0.470 e. The van der Waals surface area contributed by atoms with Gasteiger partial charge in [-0.3, -0.25) is 4.90 Å². The number of carbonyl (C=O) groups is 1. The molecule has 0 aromatic rings. The number of oxime groups is 1. The Morgan fingerprint density at radius 2 is 2.04 bits per heavy atom. The van der Waals surface area contributed by atoms with Gasteiger partial charge in [-0.2, -0.15) is 0 Å². The van der Waals surface area contributed by atoms with Crippen molar-refractivity contribution < 1.29 is 14.4 Å². The number of rotatable bonds is 3. The molecule has 0 radical (unpaired) electrons. The van der Waals surface area contributed by atoms with Crippen molar-refractivity contribution in [3.8, 4) is 0 Å². The van der Waals surface area contributed by atoms with E-state index in [-0.39, 0.29) is 18.1 Å². The fraction of sp³-hybridized carbons (Fsp3) is 0.875. The van der Waals surface area contributed by atoms with Crippen LogP contribution in [0.25, 0.3) is 0 Å². The molecule has 3 aliphatic rings. The summed E-state index contributed by atoms with van der Waals surface area (Å²) >= 11 is 0. The zero-order valence-corrected chi connectivity index (χ0v) is 14.2. The van der Waals surface area contributed by atoms with E-state index in [1.54, 1.807) is 19.0 Å². The molecule has 0 bridgehead atoms. The molecule has 3 aliphatic heterocycles. The second-order valence-electron chi connectivity index (χ2n) is 6.94. The van der Waals surface area contributed by atoms with Gasteiger partial charge in [0.05, 0.1) is 5.92 Å². The topological polar surface area (TPSA) is 57.6 Å². The van der Waals surface area contributed by atoms with E-state index in [1.807, 2.05) is 4.90 Å². The molecular formula is C16H28N4O3. The van der Waals surface area contributed by atoms with Crippen LogP contribution < -0.4 is 0 Å². The van der Waals surface area contributed by atoms with Crippen LogP contribution in [0.15, 0.2) is 5.16 Å². The molecule has 0 N–H and O–H groups in total. The fourth-order valence-electron chi connectivity index (χ4n) is 3.52. The second kappa shape index (κ2) is 7.38. The average molecular weight is 324 g/mol. The van der Waals surface area contributed by atoms with Gasteiger partial charge in [0.25, 0.3) is 0 Å². The van der Waals surface area contributed by atoms with Crippen molar-refractivity contribution in [2.24, 2.45) is 11.1 Å². The number of piperidine rings is 1. The molecule has 2 unspecified atom stereocenters. The van der Waals surface area contributed by atoms with Crippen molar-refractivity contribution in [2.75, 3.05) is 53.4 Å². The van der Waals surface area contributed by atoms with Gasteiger partial charge in [-0.25, -0.2) is 4.79 Å². The van der Waals surface area contributed by atoms with E-state index in [4.69, 9.17) is 9.57 Å². The van der Waals surface area contributed by atoms with E-state index in [0.29, 0.717) is 19.0 Å². The van der Waals surface area contributed by atoms with Crippen molar-refractivity contribution in [1.82, 2.24) is 14.7 Å². The quantitative estimate of drug-likeness (QED) is 0.783. The summed E-state index contributed by atoms with van der Waals surface area (Å²) in [5, 5.41) is 4.12.